The second-order valence-corrected chi connectivity index (χ2v) is 4.88. The molecular weight excluding hydrogens is 252 g/mol. The van der Waals surface area contributed by atoms with Crippen molar-refractivity contribution in [3.05, 3.63) is 23.2 Å². The molecular formula is C13H21ClN2O2. The Morgan fingerprint density at radius 3 is 2.78 bits per heavy atom. The monoisotopic (exact) mass is 272 g/mol. The number of nitrogens with one attached hydrogen (secondary N) is 2. The number of carbonyl (C=O) groups excluding carboxylic acids is 1. The lowest BCUT2D eigenvalue weighted by Gasteiger charge is -2.28. The van der Waals surface area contributed by atoms with Gasteiger partial charge in [-0.25, -0.2) is 0 Å². The number of halogens is 1. The van der Waals surface area contributed by atoms with E-state index in [0.717, 1.165) is 25.1 Å². The minimum atomic E-state index is -0.0153. The maximum Gasteiger partial charge on any atom is 0.255 e. The molecule has 102 valence electrons. The van der Waals surface area contributed by atoms with Gasteiger partial charge < -0.3 is 15.1 Å². The number of amides is 1. The molecule has 18 heavy (non-hydrogen) atoms. The second-order valence-electron chi connectivity index (χ2n) is 4.88. The van der Waals surface area contributed by atoms with Gasteiger partial charge >= 0.3 is 0 Å². The highest BCUT2D eigenvalue weighted by Gasteiger charge is 2.22. The van der Waals surface area contributed by atoms with Crippen LogP contribution in [0.3, 0.4) is 0 Å². The van der Waals surface area contributed by atoms with Gasteiger partial charge in [0.25, 0.3) is 5.91 Å². The van der Waals surface area contributed by atoms with Gasteiger partial charge in [0.15, 0.2) is 0 Å². The lowest BCUT2D eigenvalue weighted by Crippen LogP contribution is -2.46. The average molecular weight is 273 g/mol. The number of rotatable bonds is 2. The number of piperidine rings is 1. The lowest BCUT2D eigenvalue weighted by atomic mass is 10.0. The molecule has 1 aliphatic rings. The summed E-state index contributed by atoms with van der Waals surface area (Å²) in [7, 11) is 0. The van der Waals surface area contributed by atoms with Crippen LogP contribution < -0.4 is 10.6 Å². The molecule has 0 aliphatic carbocycles. The summed E-state index contributed by atoms with van der Waals surface area (Å²) in [5.41, 5.74) is 0.661. The summed E-state index contributed by atoms with van der Waals surface area (Å²) < 4.78 is 5.37. The first-order valence-corrected chi connectivity index (χ1v) is 6.17. The summed E-state index contributed by atoms with van der Waals surface area (Å²) in [5, 5.41) is 6.45. The van der Waals surface area contributed by atoms with Crippen molar-refractivity contribution >= 4 is 18.3 Å². The average Bonchev–Trinajstić information content (AvgIpc) is 2.58. The Labute approximate surface area is 114 Å². The van der Waals surface area contributed by atoms with Gasteiger partial charge in [-0.05, 0) is 46.2 Å². The molecule has 2 atom stereocenters. The van der Waals surface area contributed by atoms with Crippen LogP contribution in [0, 0.1) is 13.8 Å². The predicted molar refractivity (Wildman–Crippen MR) is 73.4 cm³/mol. The van der Waals surface area contributed by atoms with Gasteiger partial charge in [0.2, 0.25) is 0 Å². The van der Waals surface area contributed by atoms with Crippen LogP contribution in [-0.4, -0.2) is 24.5 Å². The van der Waals surface area contributed by atoms with E-state index in [1.165, 1.54) is 0 Å². The lowest BCUT2D eigenvalue weighted by molar-refractivity contribution is 0.0924. The fourth-order valence-electron chi connectivity index (χ4n) is 2.38. The Kier molecular flexibility index (Phi) is 5.23. The van der Waals surface area contributed by atoms with Crippen molar-refractivity contribution in [2.24, 2.45) is 0 Å². The van der Waals surface area contributed by atoms with Crippen LogP contribution in [-0.2, 0) is 0 Å². The summed E-state index contributed by atoms with van der Waals surface area (Å²) in [6.07, 6.45) is 1.98. The molecule has 2 unspecified atom stereocenters. The van der Waals surface area contributed by atoms with Gasteiger partial charge in [-0.1, -0.05) is 0 Å². The van der Waals surface area contributed by atoms with E-state index in [1.807, 2.05) is 13.8 Å². The Morgan fingerprint density at radius 2 is 2.22 bits per heavy atom. The standard InChI is InChI=1S/C13H20N2O2.ClH/c1-8-6-11(4-5-14-8)15-13(16)12-7-9(2)17-10(12)3;/h7-8,11,14H,4-6H2,1-3H3,(H,15,16);1H. The van der Waals surface area contributed by atoms with E-state index < -0.39 is 0 Å². The highest BCUT2D eigenvalue weighted by atomic mass is 35.5. The molecule has 0 saturated carbocycles. The largest absolute Gasteiger partial charge is 0.466 e. The molecule has 1 aromatic heterocycles. The van der Waals surface area contributed by atoms with Gasteiger partial charge in [0, 0.05) is 12.1 Å². The first-order valence-electron chi connectivity index (χ1n) is 6.17. The molecule has 0 radical (unpaired) electrons. The van der Waals surface area contributed by atoms with Crippen molar-refractivity contribution in [3.63, 3.8) is 0 Å². The number of carbonyl (C=O) groups is 1. The Balaban J connectivity index is 0.00000162. The molecule has 1 aromatic rings. The zero-order chi connectivity index (χ0) is 12.4. The van der Waals surface area contributed by atoms with Gasteiger partial charge in [-0.15, -0.1) is 12.4 Å². The van der Waals surface area contributed by atoms with Crippen molar-refractivity contribution in [2.75, 3.05) is 6.54 Å². The van der Waals surface area contributed by atoms with Crippen molar-refractivity contribution in [3.8, 4) is 0 Å². The van der Waals surface area contributed by atoms with Crippen molar-refractivity contribution < 1.29 is 9.21 Å². The first kappa shape index (κ1) is 15.1. The summed E-state index contributed by atoms with van der Waals surface area (Å²) >= 11 is 0. The van der Waals surface area contributed by atoms with Gasteiger partial charge in [-0.2, -0.15) is 0 Å². The molecule has 2 heterocycles. The molecule has 4 nitrogen and oxygen atoms in total. The minimum Gasteiger partial charge on any atom is -0.466 e. The van der Waals surface area contributed by atoms with E-state index in [2.05, 4.69) is 17.6 Å². The van der Waals surface area contributed by atoms with Crippen LogP contribution in [0.2, 0.25) is 0 Å². The van der Waals surface area contributed by atoms with Gasteiger partial charge in [-0.3, -0.25) is 4.79 Å². The van der Waals surface area contributed by atoms with E-state index in [0.29, 0.717) is 17.4 Å². The zero-order valence-electron chi connectivity index (χ0n) is 11.1. The maximum atomic E-state index is 12.1. The second kappa shape index (κ2) is 6.25. The van der Waals surface area contributed by atoms with E-state index in [1.54, 1.807) is 6.07 Å². The Bertz CT molecular complexity index is 417. The topological polar surface area (TPSA) is 54.3 Å². The van der Waals surface area contributed by atoms with Crippen LogP contribution in [0.15, 0.2) is 10.5 Å². The Hall–Kier alpha value is -1.000. The predicted octanol–water partition coefficient (Wildman–Crippen LogP) is 2.19. The third kappa shape index (κ3) is 3.50. The minimum absolute atomic E-state index is 0. The molecule has 2 rings (SSSR count). The molecule has 0 bridgehead atoms. The van der Waals surface area contributed by atoms with E-state index in [4.69, 9.17) is 4.42 Å². The van der Waals surface area contributed by atoms with Crippen LogP contribution in [0.25, 0.3) is 0 Å². The molecule has 0 spiro atoms. The first-order chi connectivity index (χ1) is 8.06. The van der Waals surface area contributed by atoms with E-state index in [9.17, 15) is 4.79 Å². The van der Waals surface area contributed by atoms with Gasteiger partial charge in [0.05, 0.1) is 5.56 Å². The van der Waals surface area contributed by atoms with E-state index >= 15 is 0 Å². The van der Waals surface area contributed by atoms with Crippen LogP contribution in [0.5, 0.6) is 0 Å². The quantitative estimate of drug-likeness (QED) is 0.868. The van der Waals surface area contributed by atoms with Crippen molar-refractivity contribution in [1.29, 1.82) is 0 Å². The fourth-order valence-corrected chi connectivity index (χ4v) is 2.38. The maximum absolute atomic E-state index is 12.1. The Morgan fingerprint density at radius 1 is 1.50 bits per heavy atom. The molecule has 1 fully saturated rings. The smallest absolute Gasteiger partial charge is 0.255 e. The fraction of sp³-hybridized carbons (Fsp3) is 0.615. The van der Waals surface area contributed by atoms with Crippen LogP contribution in [0.1, 0.15) is 41.6 Å². The van der Waals surface area contributed by atoms with Crippen molar-refractivity contribution in [2.45, 2.75) is 45.7 Å². The summed E-state index contributed by atoms with van der Waals surface area (Å²) in [6, 6.07) is 2.55. The zero-order valence-corrected chi connectivity index (χ0v) is 11.9. The molecule has 5 heteroatoms. The SMILES string of the molecule is Cc1cc(C(=O)NC2CCNC(C)C2)c(C)o1.Cl. The summed E-state index contributed by atoms with van der Waals surface area (Å²) in [6.45, 7) is 6.80. The highest BCUT2D eigenvalue weighted by molar-refractivity contribution is 5.95. The molecule has 1 aliphatic heterocycles. The number of furan rings is 1. The molecule has 2 N–H and O–H groups in total. The van der Waals surface area contributed by atoms with Crippen LogP contribution >= 0.6 is 12.4 Å². The highest BCUT2D eigenvalue weighted by Crippen LogP contribution is 2.15. The molecule has 1 saturated heterocycles. The normalized spacial score (nSPS) is 23.3. The summed E-state index contributed by atoms with van der Waals surface area (Å²) in [4.78, 5) is 12.1. The third-order valence-corrected chi connectivity index (χ3v) is 3.24. The molecule has 0 aromatic carbocycles. The number of hydrogen-bond donors (Lipinski definition) is 2. The third-order valence-electron chi connectivity index (χ3n) is 3.24. The summed E-state index contributed by atoms with van der Waals surface area (Å²) in [5.74, 6) is 1.46. The van der Waals surface area contributed by atoms with Crippen LogP contribution in [0.4, 0.5) is 0 Å². The van der Waals surface area contributed by atoms with E-state index in [-0.39, 0.29) is 24.4 Å². The number of hydrogen-bond acceptors (Lipinski definition) is 3. The molecule has 1 amide bonds. The van der Waals surface area contributed by atoms with Crippen molar-refractivity contribution in [1.82, 2.24) is 10.6 Å². The van der Waals surface area contributed by atoms with Gasteiger partial charge in [0.1, 0.15) is 11.5 Å². The number of aryl methyl sites for hydroxylation is 2.